The number of para-hydroxylation sites is 2. The molecule has 1 aromatic heterocycles. The molecule has 168 valence electrons. The molecule has 1 N–H and O–H groups in total. The number of fused-ring (bicyclic) bond motifs is 3. The third kappa shape index (κ3) is 3.55. The highest BCUT2D eigenvalue weighted by molar-refractivity contribution is 6.08. The molecule has 0 unspecified atom stereocenters. The number of methoxy groups -OCH3 is 1. The fraction of sp³-hybridized carbons (Fsp3) is 0.375. The molecule has 32 heavy (non-hydrogen) atoms. The van der Waals surface area contributed by atoms with Crippen LogP contribution < -0.4 is 9.64 Å². The minimum atomic E-state index is -1.11. The van der Waals surface area contributed by atoms with Gasteiger partial charge < -0.3 is 19.1 Å². The molecule has 2 atom stereocenters. The van der Waals surface area contributed by atoms with Gasteiger partial charge in [-0.05, 0) is 43.2 Å². The number of phenols is 1. The third-order valence-electron chi connectivity index (χ3n) is 5.76. The van der Waals surface area contributed by atoms with Crippen molar-refractivity contribution in [2.75, 3.05) is 25.2 Å². The van der Waals surface area contributed by atoms with E-state index in [-0.39, 0.29) is 18.3 Å². The van der Waals surface area contributed by atoms with Gasteiger partial charge in [-0.2, -0.15) is 0 Å². The van der Waals surface area contributed by atoms with Gasteiger partial charge in [-0.1, -0.05) is 31.5 Å². The zero-order valence-electron chi connectivity index (χ0n) is 18.4. The molecular weight excluding hydrogens is 410 g/mol. The lowest BCUT2D eigenvalue weighted by Crippen LogP contribution is -2.50. The summed E-state index contributed by atoms with van der Waals surface area (Å²) in [6, 6.07) is 11.8. The number of nitrogens with zero attached hydrogens (tertiary/aromatic N) is 3. The van der Waals surface area contributed by atoms with Gasteiger partial charge in [0.2, 0.25) is 11.9 Å². The molecule has 0 spiro atoms. The fourth-order valence-corrected chi connectivity index (χ4v) is 4.27. The molecule has 4 rings (SSSR count). The van der Waals surface area contributed by atoms with Crippen LogP contribution in [0.4, 0.5) is 5.95 Å². The van der Waals surface area contributed by atoms with Crippen molar-refractivity contribution in [1.29, 1.82) is 0 Å². The number of esters is 1. The Labute approximate surface area is 186 Å². The highest BCUT2D eigenvalue weighted by Crippen LogP contribution is 2.43. The van der Waals surface area contributed by atoms with Crippen LogP contribution in [0.3, 0.4) is 0 Å². The first-order chi connectivity index (χ1) is 15.5. The lowest BCUT2D eigenvalue weighted by molar-refractivity contribution is -0.153. The Hall–Kier alpha value is -3.55. The lowest BCUT2D eigenvalue weighted by Gasteiger charge is -2.38. The number of benzene rings is 2. The van der Waals surface area contributed by atoms with E-state index in [9.17, 15) is 14.7 Å². The van der Waals surface area contributed by atoms with Gasteiger partial charge in [0.1, 0.15) is 0 Å². The van der Waals surface area contributed by atoms with Crippen LogP contribution >= 0.6 is 0 Å². The number of ether oxygens (including phenoxy) is 2. The van der Waals surface area contributed by atoms with E-state index in [1.807, 2.05) is 35.8 Å². The van der Waals surface area contributed by atoms with Gasteiger partial charge in [-0.3, -0.25) is 14.5 Å². The number of phenolic OH excluding ortho intramolecular Hbond substituents is 1. The normalized spacial score (nSPS) is 18.0. The number of aromatic hydroxyl groups is 1. The van der Waals surface area contributed by atoms with Crippen molar-refractivity contribution >= 4 is 28.9 Å². The molecule has 2 heterocycles. The van der Waals surface area contributed by atoms with Gasteiger partial charge in [0.25, 0.3) is 0 Å². The van der Waals surface area contributed by atoms with Crippen LogP contribution in [0.15, 0.2) is 42.5 Å². The zero-order valence-corrected chi connectivity index (χ0v) is 18.4. The number of anilines is 1. The predicted molar refractivity (Wildman–Crippen MR) is 120 cm³/mol. The van der Waals surface area contributed by atoms with Crippen molar-refractivity contribution in [3.05, 3.63) is 48.0 Å². The summed E-state index contributed by atoms with van der Waals surface area (Å²) in [5.41, 5.74) is 2.12. The molecule has 3 aromatic rings. The standard InChI is InChI=1S/C24H27N3O5/c1-4-6-13-26-22(29)20(23(30)32-5-2)21(15-11-12-19(31-3)18(28)14-15)27-17-10-8-7-9-16(17)25-24(26)27/h7-12,14,20-21,28H,4-6,13H2,1-3H3/t20-,21-/m1/s1. The van der Waals surface area contributed by atoms with Crippen LogP contribution in [0.25, 0.3) is 11.0 Å². The van der Waals surface area contributed by atoms with Crippen LogP contribution in [-0.4, -0.2) is 46.8 Å². The maximum absolute atomic E-state index is 13.7. The second kappa shape index (κ2) is 8.90. The second-order valence-corrected chi connectivity index (χ2v) is 7.72. The van der Waals surface area contributed by atoms with Gasteiger partial charge in [0.05, 0.1) is 30.8 Å². The molecule has 0 saturated heterocycles. The number of unbranched alkanes of at least 4 members (excludes halogenated alkanes) is 1. The molecule has 8 nitrogen and oxygen atoms in total. The van der Waals surface area contributed by atoms with E-state index in [0.29, 0.717) is 23.8 Å². The number of carbonyl (C=O) groups is 2. The highest BCUT2D eigenvalue weighted by atomic mass is 16.5. The van der Waals surface area contributed by atoms with Gasteiger partial charge >= 0.3 is 5.97 Å². The second-order valence-electron chi connectivity index (χ2n) is 7.72. The summed E-state index contributed by atoms with van der Waals surface area (Å²) in [4.78, 5) is 33.1. The molecule has 0 radical (unpaired) electrons. The Morgan fingerprint density at radius 3 is 2.66 bits per heavy atom. The summed E-state index contributed by atoms with van der Waals surface area (Å²) in [7, 11) is 1.47. The van der Waals surface area contributed by atoms with E-state index in [2.05, 4.69) is 0 Å². The summed E-state index contributed by atoms with van der Waals surface area (Å²) in [6.07, 6.45) is 1.67. The van der Waals surface area contributed by atoms with Crippen LogP contribution in [0.5, 0.6) is 11.5 Å². The maximum atomic E-state index is 13.7. The quantitative estimate of drug-likeness (QED) is 0.448. The molecule has 1 aliphatic rings. The Balaban J connectivity index is 1.98. The topological polar surface area (TPSA) is 93.9 Å². The van der Waals surface area contributed by atoms with Crippen molar-refractivity contribution in [3.8, 4) is 11.5 Å². The SMILES string of the molecule is CCCCN1C(=O)[C@H](C(=O)OCC)[C@@H](c2ccc(OC)c(O)c2)n2c1nc1ccccc12. The molecule has 8 heteroatoms. The molecule has 2 aromatic carbocycles. The summed E-state index contributed by atoms with van der Waals surface area (Å²) in [6.45, 7) is 4.38. The number of aromatic nitrogens is 2. The van der Waals surface area contributed by atoms with Crippen molar-refractivity contribution in [1.82, 2.24) is 9.55 Å². The summed E-state index contributed by atoms with van der Waals surface area (Å²) < 4.78 is 12.4. The Kier molecular flexibility index (Phi) is 6.03. The molecule has 1 amide bonds. The molecule has 0 saturated carbocycles. The molecule has 1 aliphatic heterocycles. The van der Waals surface area contributed by atoms with E-state index in [0.717, 1.165) is 23.9 Å². The van der Waals surface area contributed by atoms with Crippen LogP contribution in [-0.2, 0) is 14.3 Å². The van der Waals surface area contributed by atoms with Crippen molar-refractivity contribution in [2.45, 2.75) is 32.7 Å². The molecular formula is C24H27N3O5. The minimum absolute atomic E-state index is 0.0700. The van der Waals surface area contributed by atoms with Gasteiger partial charge in [-0.15, -0.1) is 0 Å². The zero-order chi connectivity index (χ0) is 22.8. The van der Waals surface area contributed by atoms with Gasteiger partial charge in [0.15, 0.2) is 17.4 Å². The van der Waals surface area contributed by atoms with E-state index in [1.54, 1.807) is 24.0 Å². The first-order valence-electron chi connectivity index (χ1n) is 10.8. The average Bonchev–Trinajstić information content (AvgIpc) is 3.17. The van der Waals surface area contributed by atoms with Crippen LogP contribution in [0.1, 0.15) is 38.3 Å². The monoisotopic (exact) mass is 437 g/mol. The van der Waals surface area contributed by atoms with Crippen LogP contribution in [0.2, 0.25) is 0 Å². The predicted octanol–water partition coefficient (Wildman–Crippen LogP) is 3.67. The number of carbonyl (C=O) groups excluding carboxylic acids is 2. The number of imidazole rings is 1. The Bertz CT molecular complexity index is 1160. The number of amides is 1. The molecule has 0 fully saturated rings. The fourth-order valence-electron chi connectivity index (χ4n) is 4.27. The Morgan fingerprint density at radius 1 is 1.19 bits per heavy atom. The number of hydrogen-bond donors (Lipinski definition) is 1. The average molecular weight is 437 g/mol. The first kappa shape index (κ1) is 21.7. The summed E-state index contributed by atoms with van der Waals surface area (Å²) in [5, 5.41) is 10.4. The lowest BCUT2D eigenvalue weighted by atomic mass is 9.89. The minimum Gasteiger partial charge on any atom is -0.504 e. The maximum Gasteiger partial charge on any atom is 0.321 e. The Morgan fingerprint density at radius 2 is 1.97 bits per heavy atom. The number of hydrogen-bond acceptors (Lipinski definition) is 6. The summed E-state index contributed by atoms with van der Waals surface area (Å²) >= 11 is 0. The van der Waals surface area contributed by atoms with E-state index >= 15 is 0 Å². The highest BCUT2D eigenvalue weighted by Gasteiger charge is 2.47. The van der Waals surface area contributed by atoms with Crippen molar-refractivity contribution in [3.63, 3.8) is 0 Å². The van der Waals surface area contributed by atoms with E-state index in [4.69, 9.17) is 14.5 Å². The van der Waals surface area contributed by atoms with Crippen molar-refractivity contribution < 1.29 is 24.2 Å². The first-order valence-corrected chi connectivity index (χ1v) is 10.8. The van der Waals surface area contributed by atoms with Crippen LogP contribution in [0, 0.1) is 5.92 Å². The summed E-state index contributed by atoms with van der Waals surface area (Å²) in [5.74, 6) is -1.32. The molecule has 0 bridgehead atoms. The van der Waals surface area contributed by atoms with Crippen molar-refractivity contribution in [2.24, 2.45) is 5.92 Å². The van der Waals surface area contributed by atoms with Gasteiger partial charge in [-0.25, -0.2) is 4.98 Å². The smallest absolute Gasteiger partial charge is 0.321 e. The van der Waals surface area contributed by atoms with E-state index in [1.165, 1.54) is 13.2 Å². The third-order valence-corrected chi connectivity index (χ3v) is 5.76. The largest absolute Gasteiger partial charge is 0.504 e. The van der Waals surface area contributed by atoms with Gasteiger partial charge in [0, 0.05) is 6.54 Å². The van der Waals surface area contributed by atoms with E-state index < -0.39 is 17.9 Å². The molecule has 0 aliphatic carbocycles. The number of rotatable bonds is 7.